The molecule has 0 aromatic rings. The number of piperazine rings is 1. The number of aliphatic carboxylic acids is 1. The van der Waals surface area contributed by atoms with Crippen LogP contribution in [0.4, 0.5) is 0 Å². The zero-order chi connectivity index (χ0) is 13.8. The Balaban J connectivity index is 2.45. The van der Waals surface area contributed by atoms with E-state index in [2.05, 4.69) is 5.32 Å². The van der Waals surface area contributed by atoms with Crippen LogP contribution in [0.5, 0.6) is 0 Å². The summed E-state index contributed by atoms with van der Waals surface area (Å²) in [4.78, 5) is 13.0. The second kappa shape index (κ2) is 6.46. The molecule has 0 bridgehead atoms. The smallest absolute Gasteiger partial charge is 0.322 e. The van der Waals surface area contributed by atoms with Crippen molar-refractivity contribution < 1.29 is 18.3 Å². The lowest BCUT2D eigenvalue weighted by Crippen LogP contribution is -2.53. The number of carboxylic acids is 1. The highest BCUT2D eigenvalue weighted by atomic mass is 32.2. The highest BCUT2D eigenvalue weighted by Gasteiger charge is 2.26. The van der Waals surface area contributed by atoms with Gasteiger partial charge in [-0.05, 0) is 6.54 Å². The molecule has 1 unspecified atom stereocenters. The molecule has 0 spiro atoms. The van der Waals surface area contributed by atoms with Gasteiger partial charge in [-0.15, -0.1) is 0 Å². The first kappa shape index (κ1) is 15.4. The molecule has 1 rings (SSSR count). The summed E-state index contributed by atoms with van der Waals surface area (Å²) in [6.07, 6.45) is 1.20. The maximum Gasteiger partial charge on any atom is 0.322 e. The number of nitrogens with one attached hydrogen (secondary N) is 1. The van der Waals surface area contributed by atoms with Crippen LogP contribution in [-0.4, -0.2) is 80.3 Å². The van der Waals surface area contributed by atoms with Crippen molar-refractivity contribution in [2.24, 2.45) is 0 Å². The second-order valence-electron chi connectivity index (χ2n) is 4.41. The number of nitrogens with zero attached hydrogens (tertiary/aromatic N) is 2. The zero-order valence-electron chi connectivity index (χ0n) is 10.8. The molecule has 0 aromatic carbocycles. The summed E-state index contributed by atoms with van der Waals surface area (Å²) in [6, 6.07) is -0.597. The van der Waals surface area contributed by atoms with Gasteiger partial charge in [0.15, 0.2) is 0 Å². The number of sulfonamides is 1. The molecular weight excluding hydrogens is 258 g/mol. The van der Waals surface area contributed by atoms with Gasteiger partial charge >= 0.3 is 5.97 Å². The van der Waals surface area contributed by atoms with E-state index in [1.54, 1.807) is 0 Å². The van der Waals surface area contributed by atoms with Crippen molar-refractivity contribution in [1.29, 1.82) is 0 Å². The number of likely N-dealkylation sites (N-methyl/N-ethyl adjacent to an activating group) is 1. The molecule has 1 heterocycles. The van der Waals surface area contributed by atoms with Crippen molar-refractivity contribution in [3.63, 3.8) is 0 Å². The fourth-order valence-corrected chi connectivity index (χ4v) is 2.80. The van der Waals surface area contributed by atoms with Crippen LogP contribution < -0.4 is 5.32 Å². The van der Waals surface area contributed by atoms with Gasteiger partial charge in [0.25, 0.3) is 0 Å². The van der Waals surface area contributed by atoms with Crippen molar-refractivity contribution in [1.82, 2.24) is 14.5 Å². The average molecular weight is 279 g/mol. The third kappa shape index (κ3) is 4.52. The minimum absolute atomic E-state index is 0.404. The van der Waals surface area contributed by atoms with Crippen LogP contribution in [0, 0.1) is 0 Å². The Morgan fingerprint density at radius 1 is 1.33 bits per heavy atom. The minimum atomic E-state index is -3.13. The highest BCUT2D eigenvalue weighted by Crippen LogP contribution is 2.06. The maximum absolute atomic E-state index is 11.3. The number of hydrogen-bond donors (Lipinski definition) is 2. The molecule has 0 aliphatic carbocycles. The molecule has 0 radical (unpaired) electrons. The molecule has 1 aliphatic rings. The standard InChI is InChI=1S/C10H21N3O4S/c1-3-11-9(10(14)15)8-12-4-6-13(7-5-12)18(2,16)17/h9,11H,3-8H2,1-2H3,(H,14,15). The van der Waals surface area contributed by atoms with Crippen molar-refractivity contribution in [3.05, 3.63) is 0 Å². The van der Waals surface area contributed by atoms with Crippen molar-refractivity contribution in [2.45, 2.75) is 13.0 Å². The average Bonchev–Trinajstić information content (AvgIpc) is 2.28. The van der Waals surface area contributed by atoms with Crippen LogP contribution in [0.25, 0.3) is 0 Å². The van der Waals surface area contributed by atoms with Gasteiger partial charge in [0, 0.05) is 32.7 Å². The van der Waals surface area contributed by atoms with Crippen LogP contribution in [-0.2, 0) is 14.8 Å². The molecule has 106 valence electrons. The normalized spacial score (nSPS) is 20.8. The van der Waals surface area contributed by atoms with E-state index in [-0.39, 0.29) is 0 Å². The molecule has 0 amide bonds. The van der Waals surface area contributed by atoms with E-state index < -0.39 is 22.0 Å². The lowest BCUT2D eigenvalue weighted by atomic mass is 10.2. The van der Waals surface area contributed by atoms with E-state index >= 15 is 0 Å². The van der Waals surface area contributed by atoms with Gasteiger partial charge < -0.3 is 10.4 Å². The summed E-state index contributed by atoms with van der Waals surface area (Å²) in [7, 11) is -3.13. The molecule has 0 aromatic heterocycles. The molecule has 1 aliphatic heterocycles. The molecule has 1 atom stereocenters. The molecule has 0 saturated carbocycles. The highest BCUT2D eigenvalue weighted by molar-refractivity contribution is 7.88. The van der Waals surface area contributed by atoms with E-state index in [9.17, 15) is 13.2 Å². The molecule has 2 N–H and O–H groups in total. The zero-order valence-corrected chi connectivity index (χ0v) is 11.6. The van der Waals surface area contributed by atoms with Crippen LogP contribution >= 0.6 is 0 Å². The number of rotatable bonds is 6. The Hall–Kier alpha value is -0.700. The maximum atomic E-state index is 11.3. The van der Waals surface area contributed by atoms with E-state index in [0.29, 0.717) is 39.3 Å². The fourth-order valence-electron chi connectivity index (χ4n) is 1.98. The summed E-state index contributed by atoms with van der Waals surface area (Å²) in [5.41, 5.74) is 0. The molecular formula is C10H21N3O4S. The van der Waals surface area contributed by atoms with E-state index in [4.69, 9.17) is 5.11 Å². The predicted molar refractivity (Wildman–Crippen MR) is 68.0 cm³/mol. The first-order valence-electron chi connectivity index (χ1n) is 5.98. The van der Waals surface area contributed by atoms with Gasteiger partial charge in [-0.25, -0.2) is 8.42 Å². The Labute approximate surface area is 108 Å². The second-order valence-corrected chi connectivity index (χ2v) is 6.39. The first-order valence-corrected chi connectivity index (χ1v) is 7.83. The fraction of sp³-hybridized carbons (Fsp3) is 0.900. The molecule has 18 heavy (non-hydrogen) atoms. The number of carboxylic acid groups (broad SMARTS) is 1. The summed E-state index contributed by atoms with van der Waals surface area (Å²) in [5.74, 6) is -0.873. The van der Waals surface area contributed by atoms with Gasteiger partial charge in [0.2, 0.25) is 10.0 Å². The summed E-state index contributed by atoms with van der Waals surface area (Å²) in [5, 5.41) is 11.9. The summed E-state index contributed by atoms with van der Waals surface area (Å²) in [6.45, 7) is 4.86. The van der Waals surface area contributed by atoms with Gasteiger partial charge in [-0.1, -0.05) is 6.92 Å². The van der Waals surface area contributed by atoms with Crippen molar-refractivity contribution >= 4 is 16.0 Å². The van der Waals surface area contributed by atoms with Crippen LogP contribution in [0.3, 0.4) is 0 Å². The van der Waals surface area contributed by atoms with Crippen molar-refractivity contribution in [2.75, 3.05) is 45.5 Å². The first-order chi connectivity index (χ1) is 8.34. The molecule has 1 fully saturated rings. The minimum Gasteiger partial charge on any atom is -0.480 e. The van der Waals surface area contributed by atoms with E-state index in [0.717, 1.165) is 0 Å². The van der Waals surface area contributed by atoms with Crippen molar-refractivity contribution in [3.8, 4) is 0 Å². The Morgan fingerprint density at radius 2 is 1.89 bits per heavy atom. The Bertz CT molecular complexity index is 377. The van der Waals surface area contributed by atoms with Crippen LogP contribution in [0.1, 0.15) is 6.92 Å². The van der Waals surface area contributed by atoms with Gasteiger partial charge in [0.05, 0.1) is 6.26 Å². The summed E-state index contributed by atoms with van der Waals surface area (Å²) < 4.78 is 24.1. The predicted octanol–water partition coefficient (Wildman–Crippen LogP) is -1.37. The molecule has 8 heteroatoms. The topological polar surface area (TPSA) is 90.0 Å². The quantitative estimate of drug-likeness (QED) is 0.623. The third-order valence-electron chi connectivity index (χ3n) is 2.99. The molecule has 7 nitrogen and oxygen atoms in total. The lowest BCUT2D eigenvalue weighted by molar-refractivity contribution is -0.140. The van der Waals surface area contributed by atoms with Gasteiger partial charge in [-0.3, -0.25) is 9.69 Å². The summed E-state index contributed by atoms with van der Waals surface area (Å²) >= 11 is 0. The van der Waals surface area contributed by atoms with Crippen LogP contribution in [0.2, 0.25) is 0 Å². The van der Waals surface area contributed by atoms with Gasteiger partial charge in [-0.2, -0.15) is 4.31 Å². The number of hydrogen-bond acceptors (Lipinski definition) is 5. The Kier molecular flexibility index (Phi) is 5.51. The SMILES string of the molecule is CCNC(CN1CCN(S(C)(=O)=O)CC1)C(=O)O. The van der Waals surface area contributed by atoms with E-state index in [1.807, 2.05) is 11.8 Å². The Morgan fingerprint density at radius 3 is 2.28 bits per heavy atom. The van der Waals surface area contributed by atoms with Gasteiger partial charge in [0.1, 0.15) is 6.04 Å². The monoisotopic (exact) mass is 279 g/mol. The third-order valence-corrected chi connectivity index (χ3v) is 4.29. The lowest BCUT2D eigenvalue weighted by Gasteiger charge is -2.34. The van der Waals surface area contributed by atoms with E-state index in [1.165, 1.54) is 10.6 Å². The number of carbonyl (C=O) groups is 1. The van der Waals surface area contributed by atoms with Crippen LogP contribution in [0.15, 0.2) is 0 Å². The largest absolute Gasteiger partial charge is 0.480 e. The molecule has 1 saturated heterocycles.